The lowest BCUT2D eigenvalue weighted by molar-refractivity contribution is 0.174. The summed E-state index contributed by atoms with van der Waals surface area (Å²) in [7, 11) is 0. The van der Waals surface area contributed by atoms with Crippen LogP contribution < -0.4 is 9.64 Å². The highest BCUT2D eigenvalue weighted by molar-refractivity contribution is 5.76. The van der Waals surface area contributed by atoms with Crippen molar-refractivity contribution in [3.8, 4) is 11.9 Å². The molecule has 6 rings (SSSR count). The predicted octanol–water partition coefficient (Wildman–Crippen LogP) is 4.77. The number of oxazole rings is 1. The van der Waals surface area contributed by atoms with E-state index in [0.29, 0.717) is 30.4 Å². The maximum Gasteiger partial charge on any atom is 0.215 e. The molecule has 1 aliphatic rings. The van der Waals surface area contributed by atoms with Crippen molar-refractivity contribution in [3.05, 3.63) is 102 Å². The number of halogens is 1. The van der Waals surface area contributed by atoms with Crippen molar-refractivity contribution >= 4 is 16.9 Å². The number of rotatable bonds is 8. The third-order valence-electron chi connectivity index (χ3n) is 7.21. The van der Waals surface area contributed by atoms with Crippen LogP contribution in [0.25, 0.3) is 11.0 Å². The number of piperazine rings is 1. The lowest BCUT2D eigenvalue weighted by Gasteiger charge is -2.40. The normalized spacial score (nSPS) is 15.8. The maximum absolute atomic E-state index is 14.2. The number of nitriles is 1. The number of nitrogens with zero attached hydrogens (tertiary/aromatic N) is 7. The van der Waals surface area contributed by atoms with E-state index in [1.54, 1.807) is 30.7 Å². The minimum atomic E-state index is -0.464. The van der Waals surface area contributed by atoms with E-state index >= 15 is 0 Å². The summed E-state index contributed by atoms with van der Waals surface area (Å²) in [5, 5.41) is 8.94. The van der Waals surface area contributed by atoms with Gasteiger partial charge in [-0.25, -0.2) is 14.4 Å². The first-order valence-electron chi connectivity index (χ1n) is 13.2. The SMILES string of the molecule is C[C@H]1CN(c2cccc(OCc3ccc(C#N)cc3F)n2)CCN1Cc1nc2ccccc2n1Cc1ncco1. The van der Waals surface area contributed by atoms with Gasteiger partial charge in [0.1, 0.15) is 36.9 Å². The number of hydrogen-bond acceptors (Lipinski definition) is 8. The smallest absolute Gasteiger partial charge is 0.215 e. The van der Waals surface area contributed by atoms with E-state index in [-0.39, 0.29) is 18.2 Å². The van der Waals surface area contributed by atoms with Crippen molar-refractivity contribution in [2.24, 2.45) is 0 Å². The molecule has 9 nitrogen and oxygen atoms in total. The average molecular weight is 538 g/mol. The second kappa shape index (κ2) is 11.2. The molecule has 0 unspecified atom stereocenters. The van der Waals surface area contributed by atoms with Crippen LogP contribution in [0.15, 0.2) is 77.5 Å². The minimum Gasteiger partial charge on any atom is -0.473 e. The van der Waals surface area contributed by atoms with E-state index in [1.165, 1.54) is 6.07 Å². The number of aromatic nitrogens is 4. The average Bonchev–Trinajstić information content (AvgIpc) is 3.62. The summed E-state index contributed by atoms with van der Waals surface area (Å²) in [4.78, 5) is 18.6. The Hall–Kier alpha value is -4.75. The molecular formula is C30H28FN7O2. The maximum atomic E-state index is 14.2. The molecule has 0 saturated carbocycles. The molecule has 40 heavy (non-hydrogen) atoms. The van der Waals surface area contributed by atoms with Crippen molar-refractivity contribution < 1.29 is 13.5 Å². The Morgan fingerprint density at radius 2 is 1.98 bits per heavy atom. The molecule has 1 aliphatic heterocycles. The molecule has 1 saturated heterocycles. The van der Waals surface area contributed by atoms with Gasteiger partial charge in [-0.1, -0.05) is 24.3 Å². The Labute approximate surface area is 231 Å². The highest BCUT2D eigenvalue weighted by Gasteiger charge is 2.26. The van der Waals surface area contributed by atoms with Crippen LogP contribution in [0, 0.1) is 17.1 Å². The molecule has 0 bridgehead atoms. The van der Waals surface area contributed by atoms with Gasteiger partial charge in [-0.3, -0.25) is 4.90 Å². The first-order valence-corrected chi connectivity index (χ1v) is 13.2. The van der Waals surface area contributed by atoms with E-state index in [4.69, 9.17) is 19.4 Å². The summed E-state index contributed by atoms with van der Waals surface area (Å²) in [5.41, 5.74) is 2.67. The molecule has 1 fully saturated rings. The Kier molecular flexibility index (Phi) is 7.12. The Morgan fingerprint density at radius 1 is 1.07 bits per heavy atom. The van der Waals surface area contributed by atoms with Gasteiger partial charge in [0, 0.05) is 37.3 Å². The van der Waals surface area contributed by atoms with Gasteiger partial charge >= 0.3 is 0 Å². The molecule has 0 aliphatic carbocycles. The second-order valence-corrected chi connectivity index (χ2v) is 9.83. The van der Waals surface area contributed by atoms with Gasteiger partial charge in [0.15, 0.2) is 0 Å². The number of imidazole rings is 1. The number of pyridine rings is 1. The minimum absolute atomic E-state index is 0.0344. The molecule has 0 spiro atoms. The van der Waals surface area contributed by atoms with Crippen molar-refractivity contribution in [2.45, 2.75) is 32.7 Å². The van der Waals surface area contributed by atoms with Crippen LogP contribution in [0.4, 0.5) is 10.2 Å². The quantitative estimate of drug-likeness (QED) is 0.279. The number of fused-ring (bicyclic) bond motifs is 1. The van der Waals surface area contributed by atoms with Crippen LogP contribution in [0.1, 0.15) is 29.8 Å². The molecular weight excluding hydrogens is 509 g/mol. The predicted molar refractivity (Wildman–Crippen MR) is 147 cm³/mol. The highest BCUT2D eigenvalue weighted by atomic mass is 19.1. The summed E-state index contributed by atoms with van der Waals surface area (Å²) in [6.07, 6.45) is 3.25. The molecule has 0 radical (unpaired) electrons. The number of anilines is 1. The van der Waals surface area contributed by atoms with Gasteiger partial charge in [0.05, 0.1) is 35.4 Å². The van der Waals surface area contributed by atoms with Gasteiger partial charge in [-0.05, 0) is 37.3 Å². The Morgan fingerprint density at radius 3 is 2.77 bits per heavy atom. The van der Waals surface area contributed by atoms with E-state index in [0.717, 1.165) is 42.3 Å². The van der Waals surface area contributed by atoms with E-state index < -0.39 is 5.82 Å². The number of para-hydroxylation sites is 2. The standard InChI is InChI=1S/C30H28FN7O2/c1-21-17-37(27-7-4-8-29(35-27)40-20-23-10-9-22(16-32)15-24(23)31)13-12-36(21)18-28-34-25-5-2-3-6-26(25)38(28)19-30-33-11-14-39-30/h2-11,14-15,21H,12-13,17-20H2,1H3/t21-/m0/s1. The van der Waals surface area contributed by atoms with Gasteiger partial charge < -0.3 is 18.6 Å². The molecule has 10 heteroatoms. The lowest BCUT2D eigenvalue weighted by Crippen LogP contribution is -2.52. The fraction of sp³-hybridized carbons (Fsp3) is 0.267. The zero-order chi connectivity index (χ0) is 27.5. The summed E-state index contributed by atoms with van der Waals surface area (Å²) < 4.78 is 27.7. The lowest BCUT2D eigenvalue weighted by atomic mass is 10.1. The number of hydrogen-bond donors (Lipinski definition) is 0. The molecule has 1 atom stereocenters. The van der Waals surface area contributed by atoms with Crippen LogP contribution in [0.2, 0.25) is 0 Å². The summed E-state index contributed by atoms with van der Waals surface area (Å²) in [6, 6.07) is 20.3. The van der Waals surface area contributed by atoms with Crippen LogP contribution in [0.5, 0.6) is 5.88 Å². The molecule has 0 amide bonds. The highest BCUT2D eigenvalue weighted by Crippen LogP contribution is 2.24. The fourth-order valence-electron chi connectivity index (χ4n) is 5.05. The van der Waals surface area contributed by atoms with Crippen molar-refractivity contribution in [3.63, 3.8) is 0 Å². The largest absolute Gasteiger partial charge is 0.473 e. The van der Waals surface area contributed by atoms with Crippen LogP contribution in [-0.2, 0) is 19.7 Å². The Bertz CT molecular complexity index is 1660. The van der Waals surface area contributed by atoms with Crippen molar-refractivity contribution in [1.82, 2.24) is 24.4 Å². The first kappa shape index (κ1) is 25.5. The van der Waals surface area contributed by atoms with E-state index in [9.17, 15) is 4.39 Å². The monoisotopic (exact) mass is 537 g/mol. The van der Waals surface area contributed by atoms with Crippen LogP contribution in [-0.4, -0.2) is 50.1 Å². The number of benzene rings is 2. The van der Waals surface area contributed by atoms with Crippen LogP contribution in [0.3, 0.4) is 0 Å². The zero-order valence-electron chi connectivity index (χ0n) is 22.1. The molecule has 4 heterocycles. The third-order valence-corrected chi connectivity index (χ3v) is 7.21. The summed E-state index contributed by atoms with van der Waals surface area (Å²) >= 11 is 0. The van der Waals surface area contributed by atoms with Gasteiger partial charge in [-0.15, -0.1) is 0 Å². The van der Waals surface area contributed by atoms with Crippen LogP contribution >= 0.6 is 0 Å². The summed E-state index contributed by atoms with van der Waals surface area (Å²) in [6.45, 7) is 5.91. The molecule has 0 N–H and O–H groups in total. The molecule has 5 aromatic rings. The van der Waals surface area contributed by atoms with Gasteiger partial charge in [0.2, 0.25) is 11.8 Å². The van der Waals surface area contributed by atoms with E-state index in [2.05, 4.69) is 37.3 Å². The zero-order valence-corrected chi connectivity index (χ0v) is 22.1. The molecule has 202 valence electrons. The summed E-state index contributed by atoms with van der Waals surface area (Å²) in [5.74, 6) is 2.41. The van der Waals surface area contributed by atoms with E-state index in [1.807, 2.05) is 36.4 Å². The van der Waals surface area contributed by atoms with Crippen molar-refractivity contribution in [2.75, 3.05) is 24.5 Å². The topological polar surface area (TPSA) is 96.2 Å². The second-order valence-electron chi connectivity index (χ2n) is 9.83. The first-order chi connectivity index (χ1) is 19.6. The number of ether oxygens (including phenoxy) is 1. The third kappa shape index (κ3) is 5.37. The molecule has 3 aromatic heterocycles. The van der Waals surface area contributed by atoms with Gasteiger partial charge in [-0.2, -0.15) is 10.2 Å². The van der Waals surface area contributed by atoms with Gasteiger partial charge in [0.25, 0.3) is 0 Å². The Balaban J connectivity index is 1.12. The molecule has 2 aromatic carbocycles. The van der Waals surface area contributed by atoms with Crippen molar-refractivity contribution in [1.29, 1.82) is 5.26 Å². The fourth-order valence-corrected chi connectivity index (χ4v) is 5.05.